The fourth-order valence-electron chi connectivity index (χ4n) is 3.57. The molecule has 0 aliphatic carbocycles. The average Bonchev–Trinajstić information content (AvgIpc) is 2.99. The maximum absolute atomic E-state index is 12.3. The van der Waals surface area contributed by atoms with Gasteiger partial charge in [0.15, 0.2) is 0 Å². The zero-order valence-corrected chi connectivity index (χ0v) is 20.9. The summed E-state index contributed by atoms with van der Waals surface area (Å²) in [7, 11) is -4.58. The molecule has 9 heteroatoms. The van der Waals surface area contributed by atoms with Gasteiger partial charge in [0.25, 0.3) is 15.3 Å². The molecule has 1 aromatic heterocycles. The van der Waals surface area contributed by atoms with E-state index in [1.54, 1.807) is 32.0 Å². The van der Waals surface area contributed by atoms with Crippen LogP contribution in [0.5, 0.6) is 10.9 Å². The summed E-state index contributed by atoms with van der Waals surface area (Å²) in [5, 5.41) is 11.0. The lowest BCUT2D eigenvalue weighted by Gasteiger charge is -2.23. The summed E-state index contributed by atoms with van der Waals surface area (Å²) >= 11 is 1.27. The Bertz CT molecular complexity index is 1250. The van der Waals surface area contributed by atoms with Gasteiger partial charge in [-0.2, -0.15) is 8.42 Å². The SMILES string of the molecule is Cc1ccc(S(=O)(=O)O)c(-c2cc(OC(C)(C)C)cc3nc(OC(C)C)sc23)c1C(C)O. The van der Waals surface area contributed by atoms with Gasteiger partial charge in [0.1, 0.15) is 16.2 Å². The summed E-state index contributed by atoms with van der Waals surface area (Å²) in [6, 6.07) is 6.42. The van der Waals surface area contributed by atoms with E-state index in [9.17, 15) is 18.1 Å². The van der Waals surface area contributed by atoms with Crippen LogP contribution in [0.15, 0.2) is 29.2 Å². The molecule has 0 bridgehead atoms. The Labute approximate surface area is 192 Å². The summed E-state index contributed by atoms with van der Waals surface area (Å²) in [6.07, 6.45) is -1.07. The number of rotatable bonds is 6. The molecule has 174 valence electrons. The van der Waals surface area contributed by atoms with Crippen molar-refractivity contribution in [3.8, 4) is 22.1 Å². The number of thiazole rings is 1. The third-order valence-electron chi connectivity index (χ3n) is 4.59. The Hall–Kier alpha value is -2.20. The van der Waals surface area contributed by atoms with Crippen LogP contribution in [0.1, 0.15) is 58.8 Å². The molecular weight excluding hydrogens is 450 g/mol. The van der Waals surface area contributed by atoms with Crippen molar-refractivity contribution in [3.05, 3.63) is 35.4 Å². The number of aromatic nitrogens is 1. The molecule has 3 aromatic rings. The van der Waals surface area contributed by atoms with Gasteiger partial charge in [-0.05, 0) is 71.7 Å². The fourth-order valence-corrected chi connectivity index (χ4v) is 5.33. The predicted octanol–water partition coefficient (Wildman–Crippen LogP) is 5.54. The fraction of sp³-hybridized carbons (Fsp3) is 0.435. The monoisotopic (exact) mass is 479 g/mol. The van der Waals surface area contributed by atoms with Crippen molar-refractivity contribution in [1.29, 1.82) is 0 Å². The highest BCUT2D eigenvalue weighted by Gasteiger charge is 2.27. The van der Waals surface area contributed by atoms with Crippen LogP contribution in [0.3, 0.4) is 0 Å². The molecule has 1 heterocycles. The van der Waals surface area contributed by atoms with Crippen molar-refractivity contribution in [1.82, 2.24) is 4.98 Å². The minimum atomic E-state index is -4.58. The van der Waals surface area contributed by atoms with Crippen molar-refractivity contribution < 1.29 is 27.6 Å². The summed E-state index contributed by atoms with van der Waals surface area (Å²) in [6.45, 7) is 12.8. The molecule has 2 aromatic carbocycles. The molecule has 0 amide bonds. The molecule has 1 unspecified atom stereocenters. The van der Waals surface area contributed by atoms with Crippen LogP contribution < -0.4 is 9.47 Å². The van der Waals surface area contributed by atoms with Crippen LogP contribution in [0.2, 0.25) is 0 Å². The highest BCUT2D eigenvalue weighted by molar-refractivity contribution is 7.86. The first-order valence-electron chi connectivity index (χ1n) is 10.3. The normalized spacial score (nSPS) is 13.6. The summed E-state index contributed by atoms with van der Waals surface area (Å²) in [5.41, 5.74) is 1.89. The molecule has 0 saturated carbocycles. The van der Waals surface area contributed by atoms with E-state index >= 15 is 0 Å². The van der Waals surface area contributed by atoms with Crippen LogP contribution in [-0.2, 0) is 10.1 Å². The van der Waals surface area contributed by atoms with Gasteiger partial charge in [-0.15, -0.1) is 0 Å². The average molecular weight is 480 g/mol. The maximum atomic E-state index is 12.3. The van der Waals surface area contributed by atoms with E-state index in [0.717, 1.165) is 0 Å². The molecule has 0 spiro atoms. The number of aryl methyl sites for hydroxylation is 1. The Morgan fingerprint density at radius 1 is 1.12 bits per heavy atom. The minimum absolute atomic E-state index is 0.0929. The second-order valence-electron chi connectivity index (χ2n) is 9.00. The highest BCUT2D eigenvalue weighted by Crippen LogP contribution is 2.45. The number of fused-ring (bicyclic) bond motifs is 1. The Kier molecular flexibility index (Phi) is 6.59. The highest BCUT2D eigenvalue weighted by atomic mass is 32.2. The second-order valence-corrected chi connectivity index (χ2v) is 11.4. The number of aliphatic hydroxyl groups is 1. The van der Waals surface area contributed by atoms with Crippen molar-refractivity contribution in [2.24, 2.45) is 0 Å². The van der Waals surface area contributed by atoms with E-state index in [-0.39, 0.29) is 16.6 Å². The second kappa shape index (κ2) is 8.62. The van der Waals surface area contributed by atoms with Gasteiger partial charge in [-0.3, -0.25) is 4.55 Å². The first kappa shape index (κ1) is 24.4. The molecule has 3 rings (SSSR count). The van der Waals surface area contributed by atoms with Gasteiger partial charge in [-0.1, -0.05) is 17.4 Å². The van der Waals surface area contributed by atoms with Crippen LogP contribution in [0.4, 0.5) is 0 Å². The summed E-state index contributed by atoms with van der Waals surface area (Å²) in [5.74, 6) is 0.487. The van der Waals surface area contributed by atoms with Crippen LogP contribution in [-0.4, -0.2) is 34.8 Å². The Morgan fingerprint density at radius 2 is 1.78 bits per heavy atom. The lowest BCUT2D eigenvalue weighted by Crippen LogP contribution is -2.23. The van der Waals surface area contributed by atoms with Crippen molar-refractivity contribution in [3.63, 3.8) is 0 Å². The topological polar surface area (TPSA) is 106 Å². The lowest BCUT2D eigenvalue weighted by molar-refractivity contribution is 0.131. The Morgan fingerprint density at radius 3 is 2.31 bits per heavy atom. The van der Waals surface area contributed by atoms with Crippen molar-refractivity contribution in [2.75, 3.05) is 0 Å². The van der Waals surface area contributed by atoms with E-state index in [1.165, 1.54) is 17.4 Å². The number of aliphatic hydroxyl groups excluding tert-OH is 1. The summed E-state index contributed by atoms with van der Waals surface area (Å²) in [4.78, 5) is 4.28. The maximum Gasteiger partial charge on any atom is 0.295 e. The summed E-state index contributed by atoms with van der Waals surface area (Å²) < 4.78 is 47.2. The third-order valence-corrected chi connectivity index (χ3v) is 6.49. The van der Waals surface area contributed by atoms with Gasteiger partial charge in [-0.25, -0.2) is 4.98 Å². The van der Waals surface area contributed by atoms with Gasteiger partial charge < -0.3 is 14.6 Å². The van der Waals surface area contributed by atoms with Crippen molar-refractivity contribution >= 4 is 31.7 Å². The Balaban J connectivity index is 2.46. The van der Waals surface area contributed by atoms with Crippen LogP contribution in [0.25, 0.3) is 21.3 Å². The molecule has 1 atom stereocenters. The molecule has 32 heavy (non-hydrogen) atoms. The van der Waals surface area contributed by atoms with E-state index in [4.69, 9.17) is 9.47 Å². The predicted molar refractivity (Wildman–Crippen MR) is 126 cm³/mol. The zero-order chi connectivity index (χ0) is 24.0. The van der Waals surface area contributed by atoms with Gasteiger partial charge >= 0.3 is 0 Å². The lowest BCUT2D eigenvalue weighted by atomic mass is 9.92. The largest absolute Gasteiger partial charge is 0.488 e. The van der Waals surface area contributed by atoms with E-state index < -0.39 is 21.8 Å². The standard InChI is InChI=1S/C23H29NO6S2/c1-12(2)29-22-24-17-11-15(30-23(5,6)7)10-16(21(17)31-22)20-18(32(26,27)28)9-8-13(3)19(20)14(4)25/h8-12,14,25H,1-7H3,(H,26,27,28). The first-order valence-corrected chi connectivity index (χ1v) is 12.5. The first-order chi connectivity index (χ1) is 14.7. The third kappa shape index (κ3) is 5.23. The number of nitrogens with zero attached hydrogens (tertiary/aromatic N) is 1. The van der Waals surface area contributed by atoms with Crippen LogP contribution >= 0.6 is 11.3 Å². The van der Waals surface area contributed by atoms with Gasteiger partial charge in [0, 0.05) is 17.2 Å². The molecule has 0 radical (unpaired) electrons. The molecule has 0 saturated heterocycles. The number of hydrogen-bond acceptors (Lipinski definition) is 7. The minimum Gasteiger partial charge on any atom is -0.488 e. The van der Waals surface area contributed by atoms with Crippen LogP contribution in [0, 0.1) is 6.92 Å². The molecule has 0 aliphatic heterocycles. The van der Waals surface area contributed by atoms with Crippen molar-refractivity contribution in [2.45, 2.75) is 71.2 Å². The molecule has 2 N–H and O–H groups in total. The smallest absolute Gasteiger partial charge is 0.295 e. The molecular formula is C23H29NO6S2. The quantitative estimate of drug-likeness (QED) is 0.447. The van der Waals surface area contributed by atoms with Gasteiger partial charge in [0.05, 0.1) is 22.4 Å². The molecule has 7 nitrogen and oxygen atoms in total. The zero-order valence-electron chi connectivity index (χ0n) is 19.3. The molecule has 0 aliphatic rings. The van der Waals surface area contributed by atoms with E-state index in [1.807, 2.05) is 34.6 Å². The number of benzene rings is 2. The molecule has 0 fully saturated rings. The van der Waals surface area contributed by atoms with E-state index in [2.05, 4.69) is 4.98 Å². The number of hydrogen-bond donors (Lipinski definition) is 2. The van der Waals surface area contributed by atoms with Gasteiger partial charge in [0.2, 0.25) is 0 Å². The van der Waals surface area contributed by atoms with E-state index in [0.29, 0.717) is 37.9 Å². The number of ether oxygens (including phenoxy) is 2.